The van der Waals surface area contributed by atoms with Crippen LogP contribution in [-0.4, -0.2) is 29.6 Å². The minimum absolute atomic E-state index is 0.0656. The first-order chi connectivity index (χ1) is 4.65. The Hall–Kier alpha value is -1.10. The van der Waals surface area contributed by atoms with Gasteiger partial charge in [-0.05, 0) is 0 Å². The van der Waals surface area contributed by atoms with E-state index in [1.54, 1.807) is 0 Å². The monoisotopic (exact) mass is 151 g/mol. The highest BCUT2D eigenvalue weighted by atomic mass is 19.1. The molecule has 10 heavy (non-hydrogen) atoms. The molecule has 0 unspecified atom stereocenters. The molecule has 60 valence electrons. The number of nitrogens with two attached hydrogens (primary N) is 1. The summed E-state index contributed by atoms with van der Waals surface area (Å²) in [5.41, 5.74) is 4.03. The standard InChI is InChI=1S/C4H7FO.CH3NO2/c5-3-1-2-4-6;2-1(3)4/h1-2,6H,3-4H2;2H2,(H,3,4). The first-order valence-corrected chi connectivity index (χ1v) is 2.45. The lowest BCUT2D eigenvalue weighted by Gasteiger charge is -1.71. The molecule has 1 amide bonds. The van der Waals surface area contributed by atoms with Gasteiger partial charge >= 0.3 is 6.09 Å². The molecular weight excluding hydrogens is 141 g/mol. The molecular formula is C5H10FNO3. The molecule has 0 bridgehead atoms. The summed E-state index contributed by atoms with van der Waals surface area (Å²) in [5, 5.41) is 15.1. The predicted molar refractivity (Wildman–Crippen MR) is 34.4 cm³/mol. The maximum absolute atomic E-state index is 11.0. The minimum Gasteiger partial charge on any atom is -0.465 e. The van der Waals surface area contributed by atoms with Gasteiger partial charge in [0.25, 0.3) is 0 Å². The fourth-order valence-electron chi connectivity index (χ4n) is 0.138. The predicted octanol–water partition coefficient (Wildman–Crippen LogP) is 0.127. The van der Waals surface area contributed by atoms with Crippen LogP contribution in [0.4, 0.5) is 9.18 Å². The van der Waals surface area contributed by atoms with Crippen LogP contribution in [0.1, 0.15) is 0 Å². The Labute approximate surface area is 57.8 Å². The second kappa shape index (κ2) is 10.8. The molecule has 4 N–H and O–H groups in total. The second-order valence-corrected chi connectivity index (χ2v) is 1.15. The molecule has 0 aliphatic heterocycles. The smallest absolute Gasteiger partial charge is 0.402 e. The van der Waals surface area contributed by atoms with Gasteiger partial charge in [0.1, 0.15) is 6.67 Å². The van der Waals surface area contributed by atoms with Crippen LogP contribution in [0.15, 0.2) is 12.2 Å². The van der Waals surface area contributed by atoms with Gasteiger partial charge in [-0.1, -0.05) is 12.2 Å². The number of primary amides is 1. The van der Waals surface area contributed by atoms with Crippen molar-refractivity contribution in [3.8, 4) is 0 Å². The zero-order chi connectivity index (χ0) is 8.41. The van der Waals surface area contributed by atoms with Crippen LogP contribution in [0.2, 0.25) is 0 Å². The van der Waals surface area contributed by atoms with Gasteiger partial charge < -0.3 is 15.9 Å². The van der Waals surface area contributed by atoms with Gasteiger partial charge in [0.15, 0.2) is 0 Å². The number of carboxylic acid groups (broad SMARTS) is 1. The van der Waals surface area contributed by atoms with Gasteiger partial charge in [0, 0.05) is 0 Å². The van der Waals surface area contributed by atoms with E-state index in [9.17, 15) is 4.39 Å². The average molecular weight is 151 g/mol. The molecule has 0 fully saturated rings. The summed E-state index contributed by atoms with van der Waals surface area (Å²) >= 11 is 0. The summed E-state index contributed by atoms with van der Waals surface area (Å²) in [4.78, 5) is 8.78. The normalized spacial score (nSPS) is 8.60. The van der Waals surface area contributed by atoms with Crippen molar-refractivity contribution in [1.29, 1.82) is 0 Å². The number of rotatable bonds is 2. The fourth-order valence-corrected chi connectivity index (χ4v) is 0.138. The van der Waals surface area contributed by atoms with Gasteiger partial charge in [-0.25, -0.2) is 9.18 Å². The molecule has 0 radical (unpaired) electrons. The molecule has 0 aromatic heterocycles. The lowest BCUT2D eigenvalue weighted by atomic mass is 10.5. The van der Waals surface area contributed by atoms with E-state index < -0.39 is 12.8 Å². The molecule has 5 heteroatoms. The Balaban J connectivity index is 0. The van der Waals surface area contributed by atoms with Crippen LogP contribution in [0.3, 0.4) is 0 Å². The number of halogens is 1. The van der Waals surface area contributed by atoms with Crippen LogP contribution in [0, 0.1) is 0 Å². The van der Waals surface area contributed by atoms with E-state index in [0.29, 0.717) is 0 Å². The highest BCUT2D eigenvalue weighted by Crippen LogP contribution is 1.69. The van der Waals surface area contributed by atoms with Crippen molar-refractivity contribution < 1.29 is 19.4 Å². The van der Waals surface area contributed by atoms with Gasteiger partial charge in [0.2, 0.25) is 0 Å². The maximum atomic E-state index is 11.0. The number of hydrogen-bond acceptors (Lipinski definition) is 2. The molecule has 0 saturated heterocycles. The van der Waals surface area contributed by atoms with E-state index in [-0.39, 0.29) is 6.61 Å². The number of carbonyl (C=O) groups is 1. The first-order valence-electron chi connectivity index (χ1n) is 2.45. The Morgan fingerprint density at radius 1 is 1.60 bits per heavy atom. The molecule has 0 aromatic rings. The molecule has 0 aliphatic carbocycles. The topological polar surface area (TPSA) is 83.6 Å². The van der Waals surface area contributed by atoms with Gasteiger partial charge in [-0.3, -0.25) is 0 Å². The Kier molecular flexibility index (Phi) is 12.6. The van der Waals surface area contributed by atoms with Crippen molar-refractivity contribution in [2.75, 3.05) is 13.3 Å². The number of amides is 1. The first kappa shape index (κ1) is 11.7. The molecule has 4 nitrogen and oxygen atoms in total. The molecule has 0 rings (SSSR count). The summed E-state index contributed by atoms with van der Waals surface area (Å²) in [6, 6.07) is 0. The summed E-state index contributed by atoms with van der Waals surface area (Å²) in [7, 11) is 0. The molecule has 0 aliphatic rings. The number of aliphatic hydroxyl groups is 1. The molecule has 0 aromatic carbocycles. The van der Waals surface area contributed by atoms with E-state index >= 15 is 0 Å². The summed E-state index contributed by atoms with van der Waals surface area (Å²) < 4.78 is 11.0. The summed E-state index contributed by atoms with van der Waals surface area (Å²) in [6.07, 6.45) is 1.29. The van der Waals surface area contributed by atoms with Crippen molar-refractivity contribution in [1.82, 2.24) is 0 Å². The Bertz CT molecular complexity index is 95.1. The van der Waals surface area contributed by atoms with E-state index in [2.05, 4.69) is 5.73 Å². The van der Waals surface area contributed by atoms with E-state index in [1.807, 2.05) is 0 Å². The molecule has 0 spiro atoms. The number of aliphatic hydroxyl groups excluding tert-OH is 1. The van der Waals surface area contributed by atoms with E-state index in [0.717, 1.165) is 0 Å². The highest BCUT2D eigenvalue weighted by Gasteiger charge is 1.65. The maximum Gasteiger partial charge on any atom is 0.402 e. The zero-order valence-electron chi connectivity index (χ0n) is 5.33. The zero-order valence-corrected chi connectivity index (χ0v) is 5.33. The third-order valence-corrected chi connectivity index (χ3v) is 0.361. The van der Waals surface area contributed by atoms with Gasteiger partial charge in [-0.2, -0.15) is 0 Å². The van der Waals surface area contributed by atoms with Crippen molar-refractivity contribution >= 4 is 6.09 Å². The minimum atomic E-state index is -1.33. The van der Waals surface area contributed by atoms with Crippen LogP contribution in [0.25, 0.3) is 0 Å². The third kappa shape index (κ3) is 66.5. The lowest BCUT2D eigenvalue weighted by molar-refractivity contribution is 0.205. The van der Waals surface area contributed by atoms with E-state index in [1.165, 1.54) is 12.2 Å². The quantitative estimate of drug-likeness (QED) is 0.490. The largest absolute Gasteiger partial charge is 0.465 e. The lowest BCUT2D eigenvalue weighted by Crippen LogP contribution is -2.03. The summed E-state index contributed by atoms with van der Waals surface area (Å²) in [5.74, 6) is 0. The molecule has 0 heterocycles. The van der Waals surface area contributed by atoms with Crippen molar-refractivity contribution in [2.45, 2.75) is 0 Å². The van der Waals surface area contributed by atoms with Crippen molar-refractivity contribution in [2.24, 2.45) is 5.73 Å². The average Bonchev–Trinajstić information content (AvgIpc) is 1.82. The van der Waals surface area contributed by atoms with Crippen LogP contribution >= 0.6 is 0 Å². The number of hydrogen-bond donors (Lipinski definition) is 3. The van der Waals surface area contributed by atoms with Crippen molar-refractivity contribution in [3.63, 3.8) is 0 Å². The molecule has 0 saturated carbocycles. The number of alkyl halides is 1. The van der Waals surface area contributed by atoms with Crippen LogP contribution in [0.5, 0.6) is 0 Å². The van der Waals surface area contributed by atoms with Crippen LogP contribution in [-0.2, 0) is 0 Å². The summed E-state index contributed by atoms with van der Waals surface area (Å²) in [6.45, 7) is -0.551. The highest BCUT2D eigenvalue weighted by molar-refractivity contribution is 5.61. The third-order valence-electron chi connectivity index (χ3n) is 0.361. The number of allylic oxidation sites excluding steroid dienone is 1. The Morgan fingerprint density at radius 2 is 2.00 bits per heavy atom. The second-order valence-electron chi connectivity index (χ2n) is 1.15. The van der Waals surface area contributed by atoms with Gasteiger partial charge in [0.05, 0.1) is 6.61 Å². The Morgan fingerprint density at radius 3 is 2.10 bits per heavy atom. The van der Waals surface area contributed by atoms with Crippen LogP contribution < -0.4 is 5.73 Å². The van der Waals surface area contributed by atoms with Gasteiger partial charge in [-0.15, -0.1) is 0 Å². The van der Waals surface area contributed by atoms with Crippen molar-refractivity contribution in [3.05, 3.63) is 12.2 Å². The SMILES string of the molecule is NC(=O)O.OCC=CCF. The molecule has 0 atom stereocenters. The fraction of sp³-hybridized carbons (Fsp3) is 0.400. The van der Waals surface area contributed by atoms with E-state index in [4.69, 9.17) is 15.0 Å².